The van der Waals surface area contributed by atoms with Gasteiger partial charge in [-0.15, -0.1) is 12.4 Å². The van der Waals surface area contributed by atoms with Gasteiger partial charge >= 0.3 is 12.0 Å². The van der Waals surface area contributed by atoms with Gasteiger partial charge in [-0.3, -0.25) is 10.1 Å². The standard InChI is InChI=1S/C8H6ClNO4.ClH/c9-6-3-1-5(2-4-6)7(8(11)12)10(13)14;/h1-4,7H,(H,11,12);1H. The van der Waals surface area contributed by atoms with Crippen molar-refractivity contribution in [2.45, 2.75) is 6.04 Å². The number of nitro groups is 1. The van der Waals surface area contributed by atoms with Crippen molar-refractivity contribution in [1.82, 2.24) is 0 Å². The number of hydrogen-bond acceptors (Lipinski definition) is 3. The van der Waals surface area contributed by atoms with Gasteiger partial charge < -0.3 is 5.11 Å². The maximum absolute atomic E-state index is 10.6. The molecule has 0 aliphatic rings. The number of halogens is 2. The molecule has 0 amide bonds. The molecule has 5 nitrogen and oxygen atoms in total. The summed E-state index contributed by atoms with van der Waals surface area (Å²) >= 11 is 5.56. The average Bonchev–Trinajstić information content (AvgIpc) is 2.07. The van der Waals surface area contributed by atoms with Gasteiger partial charge in [-0.25, -0.2) is 4.79 Å². The summed E-state index contributed by atoms with van der Waals surface area (Å²) in [4.78, 5) is 20.1. The van der Waals surface area contributed by atoms with Crippen LogP contribution in [0, 0.1) is 10.1 Å². The molecule has 1 unspecified atom stereocenters. The van der Waals surface area contributed by atoms with Crippen LogP contribution in [0.3, 0.4) is 0 Å². The van der Waals surface area contributed by atoms with Crippen molar-refractivity contribution in [2.24, 2.45) is 0 Å². The highest BCUT2D eigenvalue weighted by Gasteiger charge is 2.31. The molecule has 0 saturated heterocycles. The summed E-state index contributed by atoms with van der Waals surface area (Å²) in [5, 5.41) is 19.4. The summed E-state index contributed by atoms with van der Waals surface area (Å²) in [5.41, 5.74) is 0.104. The Morgan fingerprint density at radius 3 is 2.20 bits per heavy atom. The first kappa shape index (κ1) is 13.7. The highest BCUT2D eigenvalue weighted by molar-refractivity contribution is 6.30. The molecule has 1 N–H and O–H groups in total. The van der Waals surface area contributed by atoms with E-state index in [1.165, 1.54) is 24.3 Å². The SMILES string of the molecule is Cl.O=C(O)C(c1ccc(Cl)cc1)[N+](=O)[O-]. The highest BCUT2D eigenvalue weighted by Crippen LogP contribution is 2.19. The number of carbonyl (C=O) groups is 1. The minimum Gasteiger partial charge on any atom is -0.476 e. The van der Waals surface area contributed by atoms with Crippen LogP contribution < -0.4 is 0 Å². The lowest BCUT2D eigenvalue weighted by atomic mass is 10.1. The monoisotopic (exact) mass is 251 g/mol. The van der Waals surface area contributed by atoms with Crippen LogP contribution in [0.4, 0.5) is 0 Å². The van der Waals surface area contributed by atoms with E-state index in [1.54, 1.807) is 0 Å². The number of carboxylic acids is 1. The Labute approximate surface area is 96.2 Å². The normalized spacial score (nSPS) is 11.3. The third kappa shape index (κ3) is 3.38. The van der Waals surface area contributed by atoms with Crippen LogP contribution in [0.5, 0.6) is 0 Å². The molecule has 1 atom stereocenters. The highest BCUT2D eigenvalue weighted by atomic mass is 35.5. The lowest BCUT2D eigenvalue weighted by molar-refractivity contribution is -0.516. The average molecular weight is 252 g/mol. The van der Waals surface area contributed by atoms with Crippen molar-refractivity contribution >= 4 is 30.0 Å². The van der Waals surface area contributed by atoms with E-state index in [1.807, 2.05) is 0 Å². The first-order valence-corrected chi connectivity index (χ1v) is 4.02. The summed E-state index contributed by atoms with van der Waals surface area (Å²) in [5.74, 6) is -1.49. The molecule has 15 heavy (non-hydrogen) atoms. The van der Waals surface area contributed by atoms with Crippen LogP contribution in [-0.2, 0) is 4.79 Å². The van der Waals surface area contributed by atoms with E-state index in [0.29, 0.717) is 5.02 Å². The Kier molecular flexibility index (Phi) is 5.04. The number of rotatable bonds is 3. The Balaban J connectivity index is 0.00000196. The molecule has 0 saturated carbocycles. The second-order valence-corrected chi connectivity index (χ2v) is 3.01. The topological polar surface area (TPSA) is 80.4 Å². The van der Waals surface area contributed by atoms with Gasteiger partial charge in [0.2, 0.25) is 0 Å². The lowest BCUT2D eigenvalue weighted by Gasteiger charge is -2.04. The zero-order chi connectivity index (χ0) is 10.7. The molecule has 0 fully saturated rings. The minimum absolute atomic E-state index is 0. The molecule has 1 rings (SSSR count). The van der Waals surface area contributed by atoms with E-state index >= 15 is 0 Å². The summed E-state index contributed by atoms with van der Waals surface area (Å²) in [6.45, 7) is 0. The van der Waals surface area contributed by atoms with Gasteiger partial charge in [-0.1, -0.05) is 23.7 Å². The van der Waals surface area contributed by atoms with Crippen molar-refractivity contribution in [2.75, 3.05) is 0 Å². The molecule has 0 aromatic heterocycles. The van der Waals surface area contributed by atoms with E-state index < -0.39 is 16.9 Å². The van der Waals surface area contributed by atoms with Gasteiger partial charge in [0.25, 0.3) is 0 Å². The molecular formula is C8H7Cl2NO4. The van der Waals surface area contributed by atoms with Crippen molar-refractivity contribution in [3.05, 3.63) is 45.0 Å². The van der Waals surface area contributed by atoms with Gasteiger partial charge in [0.1, 0.15) is 0 Å². The third-order valence-corrected chi connectivity index (χ3v) is 1.88. The molecule has 0 aliphatic carbocycles. The predicted molar refractivity (Wildman–Crippen MR) is 56.1 cm³/mol. The minimum atomic E-state index is -1.73. The second kappa shape index (κ2) is 5.53. The molecule has 0 bridgehead atoms. The van der Waals surface area contributed by atoms with Crippen molar-refractivity contribution in [3.63, 3.8) is 0 Å². The maximum Gasteiger partial charge on any atom is 0.384 e. The van der Waals surface area contributed by atoms with Gasteiger partial charge in [0, 0.05) is 15.5 Å². The van der Waals surface area contributed by atoms with Crippen LogP contribution in [0.15, 0.2) is 24.3 Å². The maximum atomic E-state index is 10.6. The number of benzene rings is 1. The molecule has 0 heterocycles. The number of aliphatic carboxylic acids is 1. The van der Waals surface area contributed by atoms with Crippen molar-refractivity contribution in [3.8, 4) is 0 Å². The molecular weight excluding hydrogens is 245 g/mol. The number of nitrogens with zero attached hydrogens (tertiary/aromatic N) is 1. The van der Waals surface area contributed by atoms with Gasteiger partial charge in [-0.2, -0.15) is 0 Å². The van der Waals surface area contributed by atoms with E-state index in [0.717, 1.165) is 0 Å². The predicted octanol–water partition coefficient (Wildman–Crippen LogP) is 2.16. The number of hydrogen-bond donors (Lipinski definition) is 1. The molecule has 82 valence electrons. The zero-order valence-corrected chi connectivity index (χ0v) is 8.86. The van der Waals surface area contributed by atoms with Gasteiger partial charge in [0.15, 0.2) is 0 Å². The smallest absolute Gasteiger partial charge is 0.384 e. The fourth-order valence-corrected chi connectivity index (χ4v) is 1.13. The summed E-state index contributed by atoms with van der Waals surface area (Å²) in [6, 6.07) is 3.74. The lowest BCUT2D eigenvalue weighted by Crippen LogP contribution is -2.20. The largest absolute Gasteiger partial charge is 0.476 e. The van der Waals surface area contributed by atoms with E-state index in [4.69, 9.17) is 16.7 Å². The fourth-order valence-electron chi connectivity index (χ4n) is 1.000. The van der Waals surface area contributed by atoms with Crippen LogP contribution >= 0.6 is 24.0 Å². The number of carboxylic acid groups (broad SMARTS) is 1. The van der Waals surface area contributed by atoms with Crippen LogP contribution in [0.1, 0.15) is 11.6 Å². The van der Waals surface area contributed by atoms with Crippen LogP contribution in [-0.4, -0.2) is 16.0 Å². The molecule has 0 spiro atoms. The van der Waals surface area contributed by atoms with Crippen LogP contribution in [0.2, 0.25) is 5.02 Å². The van der Waals surface area contributed by atoms with Crippen molar-refractivity contribution in [1.29, 1.82) is 0 Å². The van der Waals surface area contributed by atoms with Crippen molar-refractivity contribution < 1.29 is 14.8 Å². The Hall–Kier alpha value is -1.33. The molecule has 7 heteroatoms. The van der Waals surface area contributed by atoms with E-state index in [9.17, 15) is 14.9 Å². The molecule has 0 radical (unpaired) electrons. The molecule has 1 aromatic carbocycles. The second-order valence-electron chi connectivity index (χ2n) is 2.58. The third-order valence-electron chi connectivity index (χ3n) is 1.63. The van der Waals surface area contributed by atoms with Gasteiger partial charge in [0.05, 0.1) is 0 Å². The summed E-state index contributed by atoms with van der Waals surface area (Å²) in [6.07, 6.45) is 0. The first-order valence-electron chi connectivity index (χ1n) is 3.64. The van der Waals surface area contributed by atoms with E-state index in [2.05, 4.69) is 0 Å². The molecule has 1 aromatic rings. The quantitative estimate of drug-likeness (QED) is 0.660. The fraction of sp³-hybridized carbons (Fsp3) is 0.125. The summed E-state index contributed by atoms with van der Waals surface area (Å²) < 4.78 is 0. The summed E-state index contributed by atoms with van der Waals surface area (Å²) in [7, 11) is 0. The van der Waals surface area contributed by atoms with Crippen LogP contribution in [0.25, 0.3) is 0 Å². The Bertz CT molecular complexity index is 351. The zero-order valence-electron chi connectivity index (χ0n) is 7.29. The Morgan fingerprint density at radius 1 is 1.40 bits per heavy atom. The van der Waals surface area contributed by atoms with Gasteiger partial charge in [-0.05, 0) is 12.1 Å². The molecule has 0 aliphatic heterocycles. The van der Waals surface area contributed by atoms with E-state index in [-0.39, 0.29) is 18.0 Å². The first-order chi connectivity index (χ1) is 6.52. The Morgan fingerprint density at radius 2 is 1.87 bits per heavy atom.